The highest BCUT2D eigenvalue weighted by atomic mass is 16.5. The summed E-state index contributed by atoms with van der Waals surface area (Å²) in [6, 6.07) is 20.0. The van der Waals surface area contributed by atoms with Crippen LogP contribution >= 0.6 is 0 Å². The quantitative estimate of drug-likeness (QED) is 0.367. The van der Waals surface area contributed by atoms with Gasteiger partial charge in [0.25, 0.3) is 0 Å². The van der Waals surface area contributed by atoms with E-state index >= 15 is 0 Å². The third kappa shape index (κ3) is 4.11. The summed E-state index contributed by atoms with van der Waals surface area (Å²) in [6.07, 6.45) is 5.91. The zero-order valence-electron chi connectivity index (χ0n) is 15.3. The second-order valence-corrected chi connectivity index (χ2v) is 7.13. The fourth-order valence-corrected chi connectivity index (χ4v) is 3.82. The lowest BCUT2D eigenvalue weighted by Gasteiger charge is -2.22. The predicted molar refractivity (Wildman–Crippen MR) is 107 cm³/mol. The molecular weight excluding hydrogens is 336 g/mol. The van der Waals surface area contributed by atoms with Crippen LogP contribution in [0.1, 0.15) is 43.4 Å². The maximum absolute atomic E-state index is 9.49. The van der Waals surface area contributed by atoms with Crippen LogP contribution in [-0.4, -0.2) is 15.9 Å². The number of pyridine rings is 1. The lowest BCUT2D eigenvalue weighted by atomic mass is 9.83. The third-order valence-corrected chi connectivity index (χ3v) is 5.29. The number of hydrogen-bond acceptors (Lipinski definition) is 4. The molecule has 138 valence electrons. The average molecular weight is 360 g/mol. The summed E-state index contributed by atoms with van der Waals surface area (Å²) < 4.78 is 5.89. The Labute approximate surface area is 159 Å². The Hall–Kier alpha value is -2.88. The molecule has 1 fully saturated rings. The van der Waals surface area contributed by atoms with Gasteiger partial charge < -0.3 is 9.94 Å². The predicted octanol–water partition coefficient (Wildman–Crippen LogP) is 5.57. The maximum Gasteiger partial charge on any atom is 0.130 e. The van der Waals surface area contributed by atoms with Crippen molar-refractivity contribution in [3.8, 4) is 5.75 Å². The van der Waals surface area contributed by atoms with E-state index in [2.05, 4.69) is 22.3 Å². The highest BCUT2D eigenvalue weighted by molar-refractivity contribution is 6.02. The molecule has 4 heteroatoms. The van der Waals surface area contributed by atoms with Gasteiger partial charge in [-0.15, -0.1) is 0 Å². The van der Waals surface area contributed by atoms with Crippen LogP contribution in [0.25, 0.3) is 10.9 Å². The van der Waals surface area contributed by atoms with E-state index in [-0.39, 0.29) is 0 Å². The first-order valence-corrected chi connectivity index (χ1v) is 9.63. The number of fused-ring (bicyclic) bond motifs is 1. The largest absolute Gasteiger partial charge is 0.487 e. The van der Waals surface area contributed by atoms with Crippen LogP contribution in [0.4, 0.5) is 0 Å². The summed E-state index contributed by atoms with van der Waals surface area (Å²) in [6.45, 7) is 0.424. The zero-order valence-corrected chi connectivity index (χ0v) is 15.3. The van der Waals surface area contributed by atoms with Gasteiger partial charge in [0.1, 0.15) is 12.4 Å². The van der Waals surface area contributed by atoms with Crippen molar-refractivity contribution in [3.63, 3.8) is 0 Å². The highest BCUT2D eigenvalue weighted by Crippen LogP contribution is 2.28. The van der Waals surface area contributed by atoms with E-state index in [4.69, 9.17) is 4.74 Å². The van der Waals surface area contributed by atoms with E-state index in [1.807, 2.05) is 48.5 Å². The van der Waals surface area contributed by atoms with E-state index in [1.165, 1.54) is 19.3 Å². The van der Waals surface area contributed by atoms with E-state index < -0.39 is 0 Å². The SMILES string of the molecule is O/N=C(/c1ccc(OCc2ccc3ccccc3n2)cc1)C1CCCCC1. The monoisotopic (exact) mass is 360 g/mol. The van der Waals surface area contributed by atoms with Crippen molar-refractivity contribution in [1.29, 1.82) is 0 Å². The number of hydrogen-bond donors (Lipinski definition) is 1. The summed E-state index contributed by atoms with van der Waals surface area (Å²) >= 11 is 0. The molecular formula is C23H24N2O2. The van der Waals surface area contributed by atoms with E-state index in [0.717, 1.165) is 46.5 Å². The second kappa shape index (κ2) is 8.21. The molecule has 0 aliphatic heterocycles. The molecule has 1 aliphatic carbocycles. The molecule has 1 N–H and O–H groups in total. The summed E-state index contributed by atoms with van der Waals surface area (Å²) in [5.74, 6) is 1.15. The maximum atomic E-state index is 9.49. The van der Waals surface area contributed by atoms with Crippen LogP contribution in [0.15, 0.2) is 65.8 Å². The number of ether oxygens (including phenoxy) is 1. The average Bonchev–Trinajstić information content (AvgIpc) is 2.74. The Balaban J connectivity index is 1.42. The molecule has 0 bridgehead atoms. The Morgan fingerprint density at radius 1 is 0.963 bits per heavy atom. The van der Waals surface area contributed by atoms with Crippen molar-refractivity contribution in [2.24, 2.45) is 11.1 Å². The molecule has 0 radical (unpaired) electrons. The molecule has 0 saturated heterocycles. The molecule has 0 amide bonds. The van der Waals surface area contributed by atoms with Gasteiger partial charge in [0, 0.05) is 11.3 Å². The van der Waals surface area contributed by atoms with Crippen molar-refractivity contribution < 1.29 is 9.94 Å². The van der Waals surface area contributed by atoms with E-state index in [0.29, 0.717) is 12.5 Å². The van der Waals surface area contributed by atoms with Crippen molar-refractivity contribution in [2.45, 2.75) is 38.7 Å². The molecule has 0 spiro atoms. The minimum atomic E-state index is 0.359. The van der Waals surface area contributed by atoms with E-state index in [9.17, 15) is 5.21 Å². The second-order valence-electron chi connectivity index (χ2n) is 7.13. The van der Waals surface area contributed by atoms with Gasteiger partial charge in [0.2, 0.25) is 0 Å². The van der Waals surface area contributed by atoms with Gasteiger partial charge in [-0.2, -0.15) is 0 Å². The van der Waals surface area contributed by atoms with E-state index in [1.54, 1.807) is 0 Å². The number of para-hydroxylation sites is 1. The molecule has 1 heterocycles. The van der Waals surface area contributed by atoms with Gasteiger partial charge in [0.05, 0.1) is 16.9 Å². The lowest BCUT2D eigenvalue weighted by Crippen LogP contribution is -2.19. The van der Waals surface area contributed by atoms with Gasteiger partial charge >= 0.3 is 0 Å². The summed E-state index contributed by atoms with van der Waals surface area (Å²) in [4.78, 5) is 4.63. The van der Waals surface area contributed by atoms with Crippen molar-refractivity contribution in [1.82, 2.24) is 4.98 Å². The number of nitrogens with zero attached hydrogens (tertiary/aromatic N) is 2. The Morgan fingerprint density at radius 3 is 2.52 bits per heavy atom. The first-order chi connectivity index (χ1) is 13.3. The smallest absolute Gasteiger partial charge is 0.130 e. The van der Waals surface area contributed by atoms with Gasteiger partial charge in [0.15, 0.2) is 0 Å². The summed E-state index contributed by atoms with van der Waals surface area (Å²) in [7, 11) is 0. The molecule has 4 nitrogen and oxygen atoms in total. The minimum Gasteiger partial charge on any atom is -0.487 e. The van der Waals surface area contributed by atoms with Crippen LogP contribution in [0.3, 0.4) is 0 Å². The molecule has 0 unspecified atom stereocenters. The number of aromatic nitrogens is 1. The van der Waals surface area contributed by atoms with Gasteiger partial charge in [-0.25, -0.2) is 4.98 Å². The van der Waals surface area contributed by atoms with Crippen molar-refractivity contribution >= 4 is 16.6 Å². The van der Waals surface area contributed by atoms with Crippen molar-refractivity contribution in [2.75, 3.05) is 0 Å². The fourth-order valence-electron chi connectivity index (χ4n) is 3.82. The number of oxime groups is 1. The number of benzene rings is 2. The lowest BCUT2D eigenvalue weighted by molar-refractivity contribution is 0.301. The van der Waals surface area contributed by atoms with Crippen LogP contribution in [-0.2, 0) is 6.61 Å². The van der Waals surface area contributed by atoms with Crippen LogP contribution < -0.4 is 4.74 Å². The van der Waals surface area contributed by atoms with Crippen LogP contribution in [0.2, 0.25) is 0 Å². The topological polar surface area (TPSA) is 54.7 Å². The molecule has 1 saturated carbocycles. The van der Waals surface area contributed by atoms with Gasteiger partial charge in [-0.3, -0.25) is 0 Å². The normalized spacial score (nSPS) is 15.8. The zero-order chi connectivity index (χ0) is 18.5. The Kier molecular flexibility index (Phi) is 5.33. The third-order valence-electron chi connectivity index (χ3n) is 5.29. The van der Waals surface area contributed by atoms with Crippen LogP contribution in [0.5, 0.6) is 5.75 Å². The first-order valence-electron chi connectivity index (χ1n) is 9.63. The minimum absolute atomic E-state index is 0.359. The molecule has 2 aromatic carbocycles. The van der Waals surface area contributed by atoms with Crippen LogP contribution in [0, 0.1) is 5.92 Å². The molecule has 1 aliphatic rings. The summed E-state index contributed by atoms with van der Waals surface area (Å²) in [5, 5.41) is 14.2. The fraction of sp³-hybridized carbons (Fsp3) is 0.304. The molecule has 3 aromatic rings. The standard InChI is InChI=1S/C23H24N2O2/c26-25-23(18-7-2-1-3-8-18)19-11-14-21(15-12-19)27-16-20-13-10-17-6-4-5-9-22(17)24-20/h4-6,9-15,18,26H,1-3,7-8,16H2/b25-23+. The van der Waals surface area contributed by atoms with Crippen molar-refractivity contribution in [3.05, 3.63) is 71.9 Å². The first kappa shape index (κ1) is 17.5. The Bertz CT molecular complexity index is 929. The van der Waals surface area contributed by atoms with Gasteiger partial charge in [-0.05, 0) is 54.8 Å². The number of rotatable bonds is 5. The molecule has 27 heavy (non-hydrogen) atoms. The Morgan fingerprint density at radius 2 is 1.74 bits per heavy atom. The molecule has 0 atom stereocenters. The molecule has 1 aromatic heterocycles. The van der Waals surface area contributed by atoms with Gasteiger partial charge in [-0.1, -0.05) is 48.7 Å². The highest BCUT2D eigenvalue weighted by Gasteiger charge is 2.21. The summed E-state index contributed by atoms with van der Waals surface area (Å²) in [5.41, 5.74) is 3.65. The molecule has 4 rings (SSSR count).